The zero-order chi connectivity index (χ0) is 11.8. The number of hydrogen-bond acceptors (Lipinski definition) is 3. The third kappa shape index (κ3) is 3.77. The molecule has 3 heteroatoms. The molecule has 0 saturated heterocycles. The maximum absolute atomic E-state index is 11.5. The fraction of sp³-hybridized carbons (Fsp3) is 0.308. The van der Waals surface area contributed by atoms with Gasteiger partial charge in [-0.3, -0.25) is 0 Å². The number of hydrogen-bond donors (Lipinski definition) is 1. The Hall–Kier alpha value is -1.77. The quantitative estimate of drug-likeness (QED) is 0.470. The Labute approximate surface area is 95.4 Å². The molecular weight excluding hydrogens is 204 g/mol. The number of para-hydroxylation sites is 1. The smallest absolute Gasteiger partial charge is 0.346 e. The maximum atomic E-state index is 11.5. The lowest BCUT2D eigenvalue weighted by atomic mass is 10.2. The number of unbranched alkanes of at least 4 members (excludes halogenated alkanes) is 2. The van der Waals surface area contributed by atoms with Crippen LogP contribution in [0.3, 0.4) is 0 Å². The van der Waals surface area contributed by atoms with Crippen molar-refractivity contribution in [1.82, 2.24) is 0 Å². The summed E-state index contributed by atoms with van der Waals surface area (Å²) < 4.78 is 4.88. The zero-order valence-electron chi connectivity index (χ0n) is 9.35. The van der Waals surface area contributed by atoms with Crippen LogP contribution in [-0.2, 0) is 4.74 Å². The molecule has 0 aromatic heterocycles. The first-order chi connectivity index (χ1) is 7.75. The van der Waals surface area contributed by atoms with E-state index in [2.05, 4.69) is 6.92 Å². The number of phenolic OH excluding ortho intramolecular Hbond substituents is 1. The molecule has 0 aliphatic carbocycles. The van der Waals surface area contributed by atoms with Crippen molar-refractivity contribution in [1.29, 1.82) is 0 Å². The molecule has 0 bridgehead atoms. The van der Waals surface area contributed by atoms with Gasteiger partial charge in [-0.25, -0.2) is 4.79 Å². The van der Waals surface area contributed by atoms with Crippen LogP contribution >= 0.6 is 0 Å². The average Bonchev–Trinajstić information content (AvgIpc) is 2.29. The monoisotopic (exact) mass is 220 g/mol. The van der Waals surface area contributed by atoms with Crippen molar-refractivity contribution in [3.05, 3.63) is 42.2 Å². The van der Waals surface area contributed by atoms with Crippen molar-refractivity contribution in [2.24, 2.45) is 0 Å². The van der Waals surface area contributed by atoms with E-state index in [0.29, 0.717) is 0 Å². The number of allylic oxidation sites excluding steroid dienone is 1. The average molecular weight is 220 g/mol. The van der Waals surface area contributed by atoms with Gasteiger partial charge in [-0.2, -0.15) is 0 Å². The van der Waals surface area contributed by atoms with Crippen molar-refractivity contribution in [3.63, 3.8) is 0 Å². The summed E-state index contributed by atoms with van der Waals surface area (Å²) in [4.78, 5) is 11.5. The van der Waals surface area contributed by atoms with Crippen LogP contribution in [0, 0.1) is 0 Å². The van der Waals surface area contributed by atoms with Gasteiger partial charge >= 0.3 is 5.97 Å². The third-order valence-corrected chi connectivity index (χ3v) is 2.12. The highest BCUT2D eigenvalue weighted by Crippen LogP contribution is 2.16. The minimum atomic E-state index is -0.536. The van der Waals surface area contributed by atoms with E-state index in [1.807, 2.05) is 0 Å². The lowest BCUT2D eigenvalue weighted by Crippen LogP contribution is -2.00. The molecule has 0 saturated carbocycles. The maximum Gasteiger partial charge on any atom is 0.346 e. The molecule has 0 aliphatic heterocycles. The first-order valence-corrected chi connectivity index (χ1v) is 5.39. The molecule has 1 aromatic carbocycles. The number of carbonyl (C=O) groups is 1. The summed E-state index contributed by atoms with van der Waals surface area (Å²) in [6, 6.07) is 6.31. The molecule has 0 unspecified atom stereocenters. The Morgan fingerprint density at radius 3 is 2.88 bits per heavy atom. The SMILES string of the molecule is CCCC/C=C\OC(=O)c1ccccc1O. The molecule has 1 rings (SSSR count). The van der Waals surface area contributed by atoms with Gasteiger partial charge in [0, 0.05) is 0 Å². The first-order valence-electron chi connectivity index (χ1n) is 5.39. The van der Waals surface area contributed by atoms with Crippen LogP contribution in [-0.4, -0.2) is 11.1 Å². The van der Waals surface area contributed by atoms with Crippen molar-refractivity contribution in [2.75, 3.05) is 0 Å². The van der Waals surface area contributed by atoms with Crippen molar-refractivity contribution in [2.45, 2.75) is 26.2 Å². The number of esters is 1. The van der Waals surface area contributed by atoms with Gasteiger partial charge in [0.2, 0.25) is 0 Å². The second-order valence-electron chi connectivity index (χ2n) is 3.44. The van der Waals surface area contributed by atoms with Crippen LogP contribution < -0.4 is 0 Å². The molecular formula is C13H16O3. The molecule has 1 N–H and O–H groups in total. The highest BCUT2D eigenvalue weighted by molar-refractivity contribution is 5.92. The predicted molar refractivity (Wildman–Crippen MR) is 62.2 cm³/mol. The van der Waals surface area contributed by atoms with Gasteiger partial charge in [-0.05, 0) is 31.1 Å². The molecule has 0 atom stereocenters. The van der Waals surface area contributed by atoms with Gasteiger partial charge in [0.1, 0.15) is 11.3 Å². The van der Waals surface area contributed by atoms with Gasteiger partial charge in [0.25, 0.3) is 0 Å². The highest BCUT2D eigenvalue weighted by Gasteiger charge is 2.09. The van der Waals surface area contributed by atoms with Gasteiger partial charge < -0.3 is 9.84 Å². The Bertz CT molecular complexity index is 369. The standard InChI is InChI=1S/C13H16O3/c1-2-3-4-7-10-16-13(15)11-8-5-6-9-12(11)14/h5-10,14H,2-4H2,1H3/b10-7-. The van der Waals surface area contributed by atoms with E-state index in [9.17, 15) is 9.90 Å². The Kier molecular flexibility index (Phi) is 5.12. The van der Waals surface area contributed by atoms with Gasteiger partial charge in [0.15, 0.2) is 0 Å². The van der Waals surface area contributed by atoms with Crippen LogP contribution in [0.15, 0.2) is 36.6 Å². The Morgan fingerprint density at radius 1 is 1.44 bits per heavy atom. The molecule has 0 amide bonds. The van der Waals surface area contributed by atoms with Gasteiger partial charge in [-0.1, -0.05) is 25.5 Å². The minimum absolute atomic E-state index is 0.0607. The Balaban J connectivity index is 2.47. The van der Waals surface area contributed by atoms with E-state index in [-0.39, 0.29) is 11.3 Å². The summed E-state index contributed by atoms with van der Waals surface area (Å²) in [5, 5.41) is 9.40. The third-order valence-electron chi connectivity index (χ3n) is 2.12. The number of phenols is 1. The van der Waals surface area contributed by atoms with E-state index < -0.39 is 5.97 Å². The van der Waals surface area contributed by atoms with E-state index in [1.165, 1.54) is 18.4 Å². The fourth-order valence-corrected chi connectivity index (χ4v) is 1.21. The number of benzene rings is 1. The number of ether oxygens (including phenoxy) is 1. The predicted octanol–water partition coefficient (Wildman–Crippen LogP) is 3.25. The second-order valence-corrected chi connectivity index (χ2v) is 3.44. The summed E-state index contributed by atoms with van der Waals surface area (Å²) in [6.45, 7) is 2.10. The summed E-state index contributed by atoms with van der Waals surface area (Å²) >= 11 is 0. The number of carbonyl (C=O) groups excluding carboxylic acids is 1. The molecule has 3 nitrogen and oxygen atoms in total. The Morgan fingerprint density at radius 2 is 2.19 bits per heavy atom. The van der Waals surface area contributed by atoms with Crippen LogP contribution in [0.2, 0.25) is 0 Å². The topological polar surface area (TPSA) is 46.5 Å². The van der Waals surface area contributed by atoms with Crippen LogP contribution in [0.4, 0.5) is 0 Å². The normalized spacial score (nSPS) is 10.6. The van der Waals surface area contributed by atoms with Crippen LogP contribution in [0.1, 0.15) is 36.5 Å². The molecule has 16 heavy (non-hydrogen) atoms. The second kappa shape index (κ2) is 6.67. The van der Waals surface area contributed by atoms with E-state index in [0.717, 1.165) is 19.3 Å². The van der Waals surface area contributed by atoms with Gasteiger partial charge in [0.05, 0.1) is 6.26 Å². The molecule has 0 aliphatic rings. The van der Waals surface area contributed by atoms with Gasteiger partial charge in [-0.15, -0.1) is 0 Å². The lowest BCUT2D eigenvalue weighted by Gasteiger charge is -2.01. The number of rotatable bonds is 5. The number of aromatic hydroxyl groups is 1. The zero-order valence-corrected chi connectivity index (χ0v) is 9.35. The largest absolute Gasteiger partial charge is 0.507 e. The van der Waals surface area contributed by atoms with Crippen molar-refractivity contribution < 1.29 is 14.6 Å². The fourth-order valence-electron chi connectivity index (χ4n) is 1.21. The minimum Gasteiger partial charge on any atom is -0.507 e. The lowest BCUT2D eigenvalue weighted by molar-refractivity contribution is 0.0659. The highest BCUT2D eigenvalue weighted by atomic mass is 16.5. The van der Waals surface area contributed by atoms with E-state index >= 15 is 0 Å². The summed E-state index contributed by atoms with van der Waals surface area (Å²) in [6.07, 6.45) is 6.26. The van der Waals surface area contributed by atoms with Crippen LogP contribution in [0.25, 0.3) is 0 Å². The summed E-state index contributed by atoms with van der Waals surface area (Å²) in [5.74, 6) is -0.597. The van der Waals surface area contributed by atoms with E-state index in [4.69, 9.17) is 4.74 Å². The summed E-state index contributed by atoms with van der Waals surface area (Å²) in [5.41, 5.74) is 0.183. The molecule has 86 valence electrons. The molecule has 0 heterocycles. The van der Waals surface area contributed by atoms with E-state index in [1.54, 1.807) is 18.2 Å². The molecule has 0 fully saturated rings. The molecule has 0 radical (unpaired) electrons. The summed E-state index contributed by atoms with van der Waals surface area (Å²) in [7, 11) is 0. The molecule has 1 aromatic rings. The first kappa shape index (κ1) is 12.3. The van der Waals surface area contributed by atoms with Crippen LogP contribution in [0.5, 0.6) is 5.75 Å². The van der Waals surface area contributed by atoms with Crippen molar-refractivity contribution in [3.8, 4) is 5.75 Å². The van der Waals surface area contributed by atoms with Crippen molar-refractivity contribution >= 4 is 5.97 Å². The molecule has 0 spiro atoms.